The summed E-state index contributed by atoms with van der Waals surface area (Å²) in [5.74, 6) is -1.02. The van der Waals surface area contributed by atoms with E-state index in [0.29, 0.717) is 19.3 Å². The van der Waals surface area contributed by atoms with Crippen molar-refractivity contribution < 1.29 is 73.8 Å². The van der Waals surface area contributed by atoms with Crippen LogP contribution in [0.25, 0.3) is 0 Å². The highest BCUT2D eigenvalue weighted by Crippen LogP contribution is 2.27. The zero-order valence-corrected chi connectivity index (χ0v) is 46.1. The first kappa shape index (κ1) is 67.8. The molecule has 74 heavy (non-hydrogen) atoms. The van der Waals surface area contributed by atoms with Crippen LogP contribution >= 0.6 is 0 Å². The number of aliphatic hydroxyl groups excluding tert-OH is 7. The molecule has 432 valence electrons. The number of hydrogen-bond acceptors (Lipinski definition) is 15. The van der Waals surface area contributed by atoms with E-state index < -0.39 is 99.3 Å². The molecule has 4 unspecified atom stereocenters. The Labute approximate surface area is 446 Å². The lowest BCUT2D eigenvalue weighted by atomic mass is 9.98. The van der Waals surface area contributed by atoms with Crippen LogP contribution in [-0.2, 0) is 38.0 Å². The summed E-state index contributed by atoms with van der Waals surface area (Å²) in [6.07, 6.45) is 34.9. The lowest BCUT2D eigenvalue weighted by Gasteiger charge is -2.42. The predicted molar refractivity (Wildman–Crippen MR) is 289 cm³/mol. The highest BCUT2D eigenvalue weighted by atomic mass is 16.7. The van der Waals surface area contributed by atoms with Gasteiger partial charge >= 0.3 is 11.9 Å². The monoisotopic (exact) mass is 1050 g/mol. The highest BCUT2D eigenvalue weighted by Gasteiger charge is 2.47. The summed E-state index contributed by atoms with van der Waals surface area (Å²) >= 11 is 0. The summed E-state index contributed by atoms with van der Waals surface area (Å²) in [5, 5.41) is 72.2. The Hall–Kier alpha value is -2.28. The molecular formula is C59H106O15. The van der Waals surface area contributed by atoms with Crippen molar-refractivity contribution in [2.24, 2.45) is 0 Å². The van der Waals surface area contributed by atoms with Crippen LogP contribution in [0.15, 0.2) is 36.5 Å². The fourth-order valence-electron chi connectivity index (χ4n) is 9.26. The van der Waals surface area contributed by atoms with Crippen molar-refractivity contribution in [2.75, 3.05) is 26.4 Å². The Morgan fingerprint density at radius 1 is 0.419 bits per heavy atom. The molecule has 0 spiro atoms. The average Bonchev–Trinajstić information content (AvgIpc) is 3.39. The molecule has 0 radical (unpaired) electrons. The zero-order valence-electron chi connectivity index (χ0n) is 46.1. The number of esters is 2. The third-order valence-electron chi connectivity index (χ3n) is 14.1. The first-order chi connectivity index (χ1) is 36.0. The normalized spacial score (nSPS) is 24.9. The van der Waals surface area contributed by atoms with E-state index in [2.05, 4.69) is 44.2 Å². The molecule has 0 saturated carbocycles. The molecule has 7 N–H and O–H groups in total. The van der Waals surface area contributed by atoms with Gasteiger partial charge in [0.25, 0.3) is 0 Å². The van der Waals surface area contributed by atoms with Crippen LogP contribution in [0.4, 0.5) is 0 Å². The van der Waals surface area contributed by atoms with Crippen molar-refractivity contribution in [3.63, 3.8) is 0 Å². The Kier molecular flexibility index (Phi) is 41.9. The molecule has 0 aromatic heterocycles. The van der Waals surface area contributed by atoms with Gasteiger partial charge in [0.15, 0.2) is 18.7 Å². The summed E-state index contributed by atoms with van der Waals surface area (Å²) in [7, 11) is 0. The fraction of sp³-hybridized carbons (Fsp3) is 0.864. The van der Waals surface area contributed by atoms with Crippen LogP contribution in [0.1, 0.15) is 232 Å². The maximum Gasteiger partial charge on any atom is 0.306 e. The predicted octanol–water partition coefficient (Wildman–Crippen LogP) is 10.1. The fourth-order valence-corrected chi connectivity index (χ4v) is 9.26. The van der Waals surface area contributed by atoms with E-state index in [9.17, 15) is 45.3 Å². The van der Waals surface area contributed by atoms with Crippen molar-refractivity contribution in [3.8, 4) is 0 Å². The lowest BCUT2D eigenvalue weighted by molar-refractivity contribution is -0.332. The molecule has 2 rings (SSSR count). The van der Waals surface area contributed by atoms with Crippen LogP contribution in [0, 0.1) is 0 Å². The Morgan fingerprint density at radius 3 is 1.28 bits per heavy atom. The largest absolute Gasteiger partial charge is 0.462 e. The lowest BCUT2D eigenvalue weighted by Crippen LogP contribution is -2.61. The quantitative estimate of drug-likeness (QED) is 0.0171. The minimum atomic E-state index is -1.78. The SMILES string of the molecule is CCCCCCCCCCCCC/C=C/CCC(=O)O[C@@H](COC(=O)CCC/C=C/CC/C=C/CCCCCCCCCCCCCCCC)CO[C@@H]1O[C@H](CO[C@@H]2O[C@H](CO)[C@H](O)C(O)C2O)[C@H](O)C(O)C1O. The number of allylic oxidation sites excluding steroid dienone is 6. The summed E-state index contributed by atoms with van der Waals surface area (Å²) < 4.78 is 33.6. The van der Waals surface area contributed by atoms with Gasteiger partial charge in [0.1, 0.15) is 55.4 Å². The van der Waals surface area contributed by atoms with Crippen molar-refractivity contribution in [3.05, 3.63) is 36.5 Å². The van der Waals surface area contributed by atoms with Crippen molar-refractivity contribution >= 4 is 11.9 Å². The molecule has 0 amide bonds. The van der Waals surface area contributed by atoms with Crippen LogP contribution < -0.4 is 0 Å². The van der Waals surface area contributed by atoms with Crippen LogP contribution in [0.5, 0.6) is 0 Å². The molecule has 15 heteroatoms. The van der Waals surface area contributed by atoms with Gasteiger partial charge in [0.2, 0.25) is 0 Å². The number of hydrogen-bond donors (Lipinski definition) is 7. The minimum absolute atomic E-state index is 0.0751. The van der Waals surface area contributed by atoms with Crippen molar-refractivity contribution in [1.82, 2.24) is 0 Å². The van der Waals surface area contributed by atoms with Crippen LogP contribution in [0.3, 0.4) is 0 Å². The van der Waals surface area contributed by atoms with Gasteiger partial charge in [0.05, 0.1) is 19.8 Å². The number of rotatable bonds is 47. The van der Waals surface area contributed by atoms with E-state index in [4.69, 9.17) is 28.4 Å². The number of ether oxygens (including phenoxy) is 6. The highest BCUT2D eigenvalue weighted by molar-refractivity contribution is 5.70. The molecule has 2 fully saturated rings. The summed E-state index contributed by atoms with van der Waals surface area (Å²) in [6, 6.07) is 0. The van der Waals surface area contributed by atoms with Gasteiger partial charge in [-0.25, -0.2) is 0 Å². The number of aliphatic hydroxyl groups is 7. The van der Waals surface area contributed by atoms with Gasteiger partial charge in [-0.1, -0.05) is 198 Å². The van der Waals surface area contributed by atoms with Gasteiger partial charge in [-0.15, -0.1) is 0 Å². The molecule has 2 saturated heterocycles. The van der Waals surface area contributed by atoms with Gasteiger partial charge < -0.3 is 64.2 Å². The van der Waals surface area contributed by atoms with E-state index in [-0.39, 0.29) is 19.4 Å². The first-order valence-corrected chi connectivity index (χ1v) is 29.6. The molecule has 11 atom stereocenters. The Morgan fingerprint density at radius 2 is 0.811 bits per heavy atom. The second kappa shape index (κ2) is 45.7. The summed E-state index contributed by atoms with van der Waals surface area (Å²) in [6.45, 7) is 2.55. The maximum atomic E-state index is 13.0. The van der Waals surface area contributed by atoms with Crippen molar-refractivity contribution in [2.45, 2.75) is 300 Å². The number of unbranched alkanes of at least 4 members (excludes halogenated alkanes) is 27. The molecule has 2 heterocycles. The molecule has 0 bridgehead atoms. The van der Waals surface area contributed by atoms with E-state index in [1.807, 2.05) is 6.08 Å². The van der Waals surface area contributed by atoms with Gasteiger partial charge in [0, 0.05) is 12.8 Å². The van der Waals surface area contributed by atoms with Gasteiger partial charge in [-0.05, 0) is 57.8 Å². The average molecular weight is 1060 g/mol. The molecule has 2 aliphatic heterocycles. The molecule has 15 nitrogen and oxygen atoms in total. The topological polar surface area (TPSA) is 231 Å². The molecule has 0 aromatic carbocycles. The molecular weight excluding hydrogens is 949 g/mol. The standard InChI is InChI=1S/C59H106O15/c1-3-5-7-9-11-13-15-17-19-20-21-22-23-24-25-26-28-29-31-33-35-37-39-41-50(61)69-44-47(72-51(62)42-40-38-36-34-32-30-27-18-16-14-12-10-8-6-4-2)45-70-58-57(68)55(66)53(64)49(74-58)46-71-59-56(67)54(65)52(63)48(43-60)73-59/h26,28,33,35-36,38,47-49,52-60,63-68H,3-25,27,29-32,34,37,39-46H2,1-2H3/b28-26+,35-33+,38-36+/t47-,48+,49+,52-,53-,54?,55?,56?,57?,58+,59+/m0/s1. The molecule has 2 aliphatic rings. The second-order valence-corrected chi connectivity index (χ2v) is 20.8. The van der Waals surface area contributed by atoms with E-state index >= 15 is 0 Å². The third kappa shape index (κ3) is 32.5. The van der Waals surface area contributed by atoms with Crippen LogP contribution in [-0.4, -0.2) is 142 Å². The minimum Gasteiger partial charge on any atom is -0.462 e. The smallest absolute Gasteiger partial charge is 0.306 e. The van der Waals surface area contributed by atoms with E-state index in [1.54, 1.807) is 0 Å². The van der Waals surface area contributed by atoms with Gasteiger partial charge in [-0.3, -0.25) is 9.59 Å². The van der Waals surface area contributed by atoms with Crippen molar-refractivity contribution in [1.29, 1.82) is 0 Å². The number of carbonyl (C=O) groups excluding carboxylic acids is 2. The molecule has 0 aromatic rings. The molecule has 0 aliphatic carbocycles. The first-order valence-electron chi connectivity index (χ1n) is 29.6. The number of carbonyl (C=O) groups is 2. The Bertz CT molecular complexity index is 1430. The summed E-state index contributed by atoms with van der Waals surface area (Å²) in [5.41, 5.74) is 0. The van der Waals surface area contributed by atoms with Crippen LogP contribution in [0.2, 0.25) is 0 Å². The summed E-state index contributed by atoms with van der Waals surface area (Å²) in [4.78, 5) is 25.8. The Balaban J connectivity index is 1.76. The zero-order chi connectivity index (χ0) is 53.9. The third-order valence-corrected chi connectivity index (χ3v) is 14.1. The maximum absolute atomic E-state index is 13.0. The second-order valence-electron chi connectivity index (χ2n) is 20.8. The van der Waals surface area contributed by atoms with E-state index in [1.165, 1.54) is 154 Å². The van der Waals surface area contributed by atoms with Gasteiger partial charge in [-0.2, -0.15) is 0 Å². The van der Waals surface area contributed by atoms with E-state index in [0.717, 1.165) is 32.1 Å².